The number of benzene rings is 1. The molecule has 1 heteroatoms. The number of hydrogen-bond donors (Lipinski definition) is 0. The Hall–Kier alpha value is -1.24. The van der Waals surface area contributed by atoms with Gasteiger partial charge in [0.1, 0.15) is 5.75 Å². The van der Waals surface area contributed by atoms with Gasteiger partial charge in [-0.1, -0.05) is 18.7 Å². The first kappa shape index (κ1) is 8.85. The van der Waals surface area contributed by atoms with Crippen molar-refractivity contribution in [3.05, 3.63) is 35.9 Å². The second-order valence-corrected chi connectivity index (χ2v) is 2.66. The molecule has 0 atom stereocenters. The molecule has 0 spiro atoms. The van der Waals surface area contributed by atoms with E-state index < -0.39 is 0 Å². The van der Waals surface area contributed by atoms with Crippen LogP contribution in [-0.2, 0) is 0 Å². The zero-order valence-electron chi connectivity index (χ0n) is 7.63. The van der Waals surface area contributed by atoms with Crippen molar-refractivity contribution in [2.45, 2.75) is 13.8 Å². The van der Waals surface area contributed by atoms with Crippen LogP contribution >= 0.6 is 0 Å². The van der Waals surface area contributed by atoms with Crippen molar-refractivity contribution in [1.82, 2.24) is 0 Å². The average molecular weight is 162 g/mol. The van der Waals surface area contributed by atoms with E-state index >= 15 is 0 Å². The Balaban J connectivity index is 2.94. The van der Waals surface area contributed by atoms with Crippen LogP contribution in [-0.4, -0.2) is 6.61 Å². The van der Waals surface area contributed by atoms with Gasteiger partial charge in [-0.05, 0) is 37.1 Å². The Bertz CT molecular complexity index is 276. The largest absolute Gasteiger partial charge is 0.494 e. The van der Waals surface area contributed by atoms with E-state index in [1.165, 1.54) is 0 Å². The maximum atomic E-state index is 5.40. The lowest BCUT2D eigenvalue weighted by atomic mass is 10.1. The molecule has 0 saturated heterocycles. The van der Waals surface area contributed by atoms with Gasteiger partial charge in [0, 0.05) is 0 Å². The molecular formula is C11H14O. The predicted molar refractivity (Wildman–Crippen MR) is 52.4 cm³/mol. The molecule has 0 unspecified atom stereocenters. The summed E-state index contributed by atoms with van der Waals surface area (Å²) in [5.74, 6) is 0.961. The molecule has 0 radical (unpaired) electrons. The summed E-state index contributed by atoms with van der Waals surface area (Å²) in [7, 11) is 0. The molecule has 0 aliphatic heterocycles. The van der Waals surface area contributed by atoms with Gasteiger partial charge in [0.05, 0.1) is 6.61 Å². The van der Waals surface area contributed by atoms with E-state index in [0.717, 1.165) is 16.9 Å². The molecule has 0 aliphatic rings. The molecule has 1 rings (SSSR count). The molecule has 1 nitrogen and oxygen atoms in total. The number of ether oxygens (including phenoxy) is 1. The maximum Gasteiger partial charge on any atom is 0.122 e. The van der Waals surface area contributed by atoms with E-state index in [4.69, 9.17) is 4.74 Å². The minimum absolute atomic E-state index is 0.717. The van der Waals surface area contributed by atoms with Gasteiger partial charge in [-0.3, -0.25) is 0 Å². The lowest BCUT2D eigenvalue weighted by Gasteiger charge is -2.06. The maximum absolute atomic E-state index is 5.40. The van der Waals surface area contributed by atoms with Crippen LogP contribution in [0.15, 0.2) is 24.8 Å². The second kappa shape index (κ2) is 3.96. The van der Waals surface area contributed by atoms with Crippen LogP contribution in [0, 0.1) is 6.92 Å². The number of hydrogen-bond acceptors (Lipinski definition) is 1. The van der Waals surface area contributed by atoms with Crippen molar-refractivity contribution in [2.24, 2.45) is 0 Å². The van der Waals surface area contributed by atoms with Crippen LogP contribution in [0.4, 0.5) is 0 Å². The van der Waals surface area contributed by atoms with E-state index in [2.05, 4.69) is 12.6 Å². The molecule has 0 bridgehead atoms. The van der Waals surface area contributed by atoms with Gasteiger partial charge in [-0.15, -0.1) is 0 Å². The third-order valence-corrected chi connectivity index (χ3v) is 1.73. The SMILES string of the molecule is C=Cc1ccc(OCC)c(C)c1. The topological polar surface area (TPSA) is 9.23 Å². The molecule has 0 N–H and O–H groups in total. The van der Waals surface area contributed by atoms with Crippen LogP contribution in [0.2, 0.25) is 0 Å². The van der Waals surface area contributed by atoms with Gasteiger partial charge in [-0.25, -0.2) is 0 Å². The summed E-state index contributed by atoms with van der Waals surface area (Å²) in [6.45, 7) is 8.45. The Morgan fingerprint density at radius 2 is 2.25 bits per heavy atom. The lowest BCUT2D eigenvalue weighted by molar-refractivity contribution is 0.338. The Morgan fingerprint density at radius 1 is 1.50 bits per heavy atom. The van der Waals surface area contributed by atoms with Crippen molar-refractivity contribution in [1.29, 1.82) is 0 Å². The highest BCUT2D eigenvalue weighted by Gasteiger charge is 1.97. The molecule has 0 amide bonds. The minimum Gasteiger partial charge on any atom is -0.494 e. The highest BCUT2D eigenvalue weighted by atomic mass is 16.5. The van der Waals surface area contributed by atoms with E-state index in [1.807, 2.05) is 32.1 Å². The van der Waals surface area contributed by atoms with Crippen molar-refractivity contribution < 1.29 is 4.74 Å². The van der Waals surface area contributed by atoms with Gasteiger partial charge in [0.15, 0.2) is 0 Å². The number of rotatable bonds is 3. The van der Waals surface area contributed by atoms with E-state index in [0.29, 0.717) is 6.61 Å². The first-order valence-corrected chi connectivity index (χ1v) is 4.13. The van der Waals surface area contributed by atoms with Gasteiger partial charge in [-0.2, -0.15) is 0 Å². The lowest BCUT2D eigenvalue weighted by Crippen LogP contribution is -1.93. The van der Waals surface area contributed by atoms with Crippen LogP contribution in [0.25, 0.3) is 6.08 Å². The van der Waals surface area contributed by atoms with Crippen molar-refractivity contribution in [2.75, 3.05) is 6.61 Å². The molecule has 1 aromatic carbocycles. The second-order valence-electron chi connectivity index (χ2n) is 2.66. The highest BCUT2D eigenvalue weighted by Crippen LogP contribution is 2.19. The van der Waals surface area contributed by atoms with Crippen molar-refractivity contribution in [3.63, 3.8) is 0 Å². The summed E-state index contributed by atoms with van der Waals surface area (Å²) in [5.41, 5.74) is 2.30. The van der Waals surface area contributed by atoms with Crippen LogP contribution in [0.3, 0.4) is 0 Å². The zero-order valence-corrected chi connectivity index (χ0v) is 7.63. The number of aryl methyl sites for hydroxylation is 1. The first-order chi connectivity index (χ1) is 5.77. The molecule has 0 aliphatic carbocycles. The van der Waals surface area contributed by atoms with Crippen LogP contribution in [0.5, 0.6) is 5.75 Å². The van der Waals surface area contributed by atoms with Gasteiger partial charge >= 0.3 is 0 Å². The first-order valence-electron chi connectivity index (χ1n) is 4.13. The summed E-state index contributed by atoms with van der Waals surface area (Å²) in [6, 6.07) is 6.05. The van der Waals surface area contributed by atoms with Crippen LogP contribution in [0.1, 0.15) is 18.1 Å². The summed E-state index contributed by atoms with van der Waals surface area (Å²) in [6.07, 6.45) is 1.84. The standard InChI is InChI=1S/C11H14O/c1-4-10-6-7-11(12-5-2)9(3)8-10/h4,6-8H,1,5H2,2-3H3. The van der Waals surface area contributed by atoms with Crippen molar-refractivity contribution in [3.8, 4) is 5.75 Å². The molecule has 0 heterocycles. The fourth-order valence-corrected chi connectivity index (χ4v) is 1.12. The average Bonchev–Trinajstić information content (AvgIpc) is 2.09. The molecule has 0 saturated carbocycles. The molecule has 0 fully saturated rings. The summed E-state index contributed by atoms with van der Waals surface area (Å²) in [5, 5.41) is 0. The fourth-order valence-electron chi connectivity index (χ4n) is 1.12. The summed E-state index contributed by atoms with van der Waals surface area (Å²) >= 11 is 0. The van der Waals surface area contributed by atoms with E-state index in [9.17, 15) is 0 Å². The molecule has 0 aromatic heterocycles. The smallest absolute Gasteiger partial charge is 0.122 e. The highest BCUT2D eigenvalue weighted by molar-refractivity contribution is 5.51. The molecule has 12 heavy (non-hydrogen) atoms. The fraction of sp³-hybridized carbons (Fsp3) is 0.273. The molecular weight excluding hydrogens is 148 g/mol. The van der Waals surface area contributed by atoms with Gasteiger partial charge in [0.2, 0.25) is 0 Å². The third-order valence-electron chi connectivity index (χ3n) is 1.73. The van der Waals surface area contributed by atoms with Crippen LogP contribution < -0.4 is 4.74 Å². The van der Waals surface area contributed by atoms with Gasteiger partial charge in [0.25, 0.3) is 0 Å². The Labute approximate surface area is 73.7 Å². The molecule has 64 valence electrons. The third kappa shape index (κ3) is 1.88. The van der Waals surface area contributed by atoms with E-state index in [1.54, 1.807) is 0 Å². The summed E-state index contributed by atoms with van der Waals surface area (Å²) < 4.78 is 5.40. The van der Waals surface area contributed by atoms with E-state index in [-0.39, 0.29) is 0 Å². The quantitative estimate of drug-likeness (QED) is 0.663. The normalized spacial score (nSPS) is 9.50. The zero-order chi connectivity index (χ0) is 8.97. The predicted octanol–water partition coefficient (Wildman–Crippen LogP) is 3.04. The van der Waals surface area contributed by atoms with Crippen molar-refractivity contribution >= 4 is 6.08 Å². The minimum atomic E-state index is 0.717. The Morgan fingerprint density at radius 3 is 2.75 bits per heavy atom. The Kier molecular flexibility index (Phi) is 2.92. The summed E-state index contributed by atoms with van der Waals surface area (Å²) in [4.78, 5) is 0. The molecule has 1 aromatic rings. The van der Waals surface area contributed by atoms with Gasteiger partial charge < -0.3 is 4.74 Å². The monoisotopic (exact) mass is 162 g/mol.